The summed E-state index contributed by atoms with van der Waals surface area (Å²) in [5.41, 5.74) is 0.242. The highest BCUT2D eigenvalue weighted by molar-refractivity contribution is 7.88. The zero-order valence-corrected chi connectivity index (χ0v) is 28.6. The zero-order chi connectivity index (χ0) is 36.6. The van der Waals surface area contributed by atoms with E-state index in [1.807, 2.05) is 127 Å². The molecule has 8 rings (SSSR count). The Balaban J connectivity index is 1.33. The summed E-state index contributed by atoms with van der Waals surface area (Å²) in [6.45, 7) is 0. The number of rotatable bonds is 9. The maximum absolute atomic E-state index is 14.0. The van der Waals surface area contributed by atoms with Crippen LogP contribution in [0.2, 0.25) is 0 Å². The first-order valence-corrected chi connectivity index (χ1v) is 18.0. The molecule has 0 aliphatic carbocycles. The Morgan fingerprint density at radius 1 is 0.509 bits per heavy atom. The smallest absolute Gasteiger partial charge is 0.455 e. The van der Waals surface area contributed by atoms with Crippen LogP contribution >= 0.6 is 0 Å². The van der Waals surface area contributed by atoms with E-state index >= 15 is 0 Å². The van der Waals surface area contributed by atoms with Gasteiger partial charge in [-0.1, -0.05) is 103 Å². The largest absolute Gasteiger partial charge is 0.534 e. The Kier molecular flexibility index (Phi) is 8.60. The molecule has 53 heavy (non-hydrogen) atoms. The molecule has 0 amide bonds. The number of anilines is 6. The number of benzene rings is 7. The molecule has 0 N–H and O–H groups in total. The van der Waals surface area contributed by atoms with Gasteiger partial charge in [-0.3, -0.25) is 0 Å². The fraction of sp³-hybridized carbons (Fsp3) is 0.0233. The monoisotopic (exact) mass is 726 g/mol. The lowest BCUT2D eigenvalue weighted by molar-refractivity contribution is -0.0499. The van der Waals surface area contributed by atoms with Crippen LogP contribution < -0.4 is 14.0 Å². The molecule has 0 aliphatic rings. The summed E-state index contributed by atoms with van der Waals surface area (Å²) in [5.74, 6) is -0.523. The Labute approximate surface area is 303 Å². The van der Waals surface area contributed by atoms with Crippen molar-refractivity contribution in [3.05, 3.63) is 176 Å². The van der Waals surface area contributed by atoms with Gasteiger partial charge in [-0.25, -0.2) is 0 Å². The van der Waals surface area contributed by atoms with Crippen molar-refractivity contribution in [3.8, 4) is 16.9 Å². The summed E-state index contributed by atoms with van der Waals surface area (Å²) in [4.78, 5) is 3.47. The van der Waals surface area contributed by atoms with E-state index in [0.717, 1.165) is 27.5 Å². The minimum Gasteiger partial charge on any atom is -0.455 e. The van der Waals surface area contributed by atoms with Gasteiger partial charge in [-0.15, -0.1) is 0 Å². The molecule has 0 saturated carbocycles. The van der Waals surface area contributed by atoms with Crippen molar-refractivity contribution < 1.29 is 30.2 Å². The third-order valence-electron chi connectivity index (χ3n) is 8.79. The molecule has 262 valence electrons. The minimum atomic E-state index is -6.09. The number of alkyl halides is 3. The standard InChI is InChI=1S/C43H29F3N2O4S/c44-43(45,46)53(49,50)52-41-29-35(47(31-15-4-1-5-16-31)32-17-6-2-7-18-32)26-27-39(41)48(33-19-8-3-9-20-33)34-21-12-14-30(28-34)36-23-13-24-38-37-22-10-11-25-40(37)51-42(36)38/h1-29H. The van der Waals surface area contributed by atoms with Gasteiger partial charge in [0.25, 0.3) is 0 Å². The van der Waals surface area contributed by atoms with Crippen molar-refractivity contribution in [2.75, 3.05) is 9.80 Å². The van der Waals surface area contributed by atoms with Crippen molar-refractivity contribution in [3.63, 3.8) is 0 Å². The fourth-order valence-electron chi connectivity index (χ4n) is 6.45. The maximum Gasteiger partial charge on any atom is 0.534 e. The molecule has 0 unspecified atom stereocenters. The lowest BCUT2D eigenvalue weighted by atomic mass is 10.0. The van der Waals surface area contributed by atoms with Crippen LogP contribution in [-0.4, -0.2) is 13.9 Å². The summed E-state index contributed by atoms with van der Waals surface area (Å²) in [6, 6.07) is 53.0. The van der Waals surface area contributed by atoms with Crippen LogP contribution in [0.3, 0.4) is 0 Å². The van der Waals surface area contributed by atoms with Gasteiger partial charge in [0, 0.05) is 45.2 Å². The number of halogens is 3. The molecule has 0 saturated heterocycles. The second kappa shape index (κ2) is 13.6. The highest BCUT2D eigenvalue weighted by atomic mass is 32.2. The molecular weight excluding hydrogens is 698 g/mol. The maximum atomic E-state index is 14.0. The SMILES string of the molecule is O=S(=O)(Oc1cc(N(c2ccccc2)c2ccccc2)ccc1N(c1ccccc1)c1cccc(-c2cccc3c2oc2ccccc23)c1)C(F)(F)F. The number of furan rings is 1. The summed E-state index contributed by atoms with van der Waals surface area (Å²) >= 11 is 0. The van der Waals surface area contributed by atoms with Crippen LogP contribution in [0, 0.1) is 0 Å². The highest BCUT2D eigenvalue weighted by Gasteiger charge is 2.49. The molecule has 6 nitrogen and oxygen atoms in total. The predicted octanol–water partition coefficient (Wildman–Crippen LogP) is 12.4. The molecule has 0 aliphatic heterocycles. The number of hydrogen-bond acceptors (Lipinski definition) is 6. The lowest BCUT2D eigenvalue weighted by Crippen LogP contribution is -2.28. The van der Waals surface area contributed by atoms with Crippen molar-refractivity contribution in [1.29, 1.82) is 0 Å². The van der Waals surface area contributed by atoms with Crippen molar-refractivity contribution >= 4 is 66.2 Å². The molecule has 0 spiro atoms. The third-order valence-corrected chi connectivity index (χ3v) is 9.75. The number of fused-ring (bicyclic) bond motifs is 3. The van der Waals surface area contributed by atoms with Crippen LogP contribution in [0.25, 0.3) is 33.1 Å². The van der Waals surface area contributed by atoms with E-state index in [9.17, 15) is 21.6 Å². The first-order chi connectivity index (χ1) is 25.7. The normalized spacial score (nSPS) is 11.8. The van der Waals surface area contributed by atoms with Gasteiger partial charge in [0.15, 0.2) is 5.75 Å². The average molecular weight is 727 g/mol. The number of para-hydroxylation sites is 5. The van der Waals surface area contributed by atoms with Gasteiger partial charge >= 0.3 is 15.6 Å². The Hall–Kier alpha value is -6.52. The quantitative estimate of drug-likeness (QED) is 0.109. The second-order valence-electron chi connectivity index (χ2n) is 12.1. The Bertz CT molecular complexity index is 2630. The van der Waals surface area contributed by atoms with E-state index in [1.54, 1.807) is 52.3 Å². The van der Waals surface area contributed by atoms with Gasteiger partial charge < -0.3 is 18.4 Å². The van der Waals surface area contributed by atoms with E-state index in [0.29, 0.717) is 34.0 Å². The molecule has 10 heteroatoms. The molecule has 0 atom stereocenters. The summed E-state index contributed by atoms with van der Waals surface area (Å²) in [6.07, 6.45) is 0. The zero-order valence-electron chi connectivity index (χ0n) is 27.8. The van der Waals surface area contributed by atoms with Crippen LogP contribution in [0.15, 0.2) is 180 Å². The molecule has 1 heterocycles. The van der Waals surface area contributed by atoms with E-state index in [2.05, 4.69) is 0 Å². The molecular formula is C43H29F3N2O4S. The highest BCUT2D eigenvalue weighted by Crippen LogP contribution is 2.47. The summed E-state index contributed by atoms with van der Waals surface area (Å²) in [7, 11) is -6.09. The van der Waals surface area contributed by atoms with Crippen LogP contribution in [-0.2, 0) is 10.1 Å². The van der Waals surface area contributed by atoms with Gasteiger partial charge in [-0.05, 0) is 72.3 Å². The number of nitrogens with zero attached hydrogens (tertiary/aromatic N) is 2. The summed E-state index contributed by atoms with van der Waals surface area (Å²) < 4.78 is 78.8. The topological polar surface area (TPSA) is 63.0 Å². The van der Waals surface area contributed by atoms with Gasteiger partial charge in [0.05, 0.1) is 11.4 Å². The molecule has 7 aromatic carbocycles. The first-order valence-electron chi connectivity index (χ1n) is 16.6. The minimum absolute atomic E-state index is 0.0629. The van der Waals surface area contributed by atoms with Gasteiger partial charge in [-0.2, -0.15) is 21.6 Å². The molecule has 0 fully saturated rings. The third kappa shape index (κ3) is 6.45. The molecule has 8 aromatic rings. The fourth-order valence-corrected chi connectivity index (χ4v) is 6.92. The molecule has 0 radical (unpaired) electrons. The Morgan fingerprint density at radius 2 is 1.04 bits per heavy atom. The Morgan fingerprint density at radius 3 is 1.68 bits per heavy atom. The van der Waals surface area contributed by atoms with Gasteiger partial charge in [0.2, 0.25) is 0 Å². The van der Waals surface area contributed by atoms with Crippen LogP contribution in [0.4, 0.5) is 47.3 Å². The molecule has 1 aromatic heterocycles. The van der Waals surface area contributed by atoms with E-state index in [4.69, 9.17) is 8.60 Å². The molecule has 0 bridgehead atoms. The van der Waals surface area contributed by atoms with E-state index < -0.39 is 21.4 Å². The lowest BCUT2D eigenvalue weighted by Gasteiger charge is -2.30. The van der Waals surface area contributed by atoms with E-state index in [-0.39, 0.29) is 5.69 Å². The van der Waals surface area contributed by atoms with E-state index in [1.165, 1.54) is 6.07 Å². The van der Waals surface area contributed by atoms with Crippen molar-refractivity contribution in [2.24, 2.45) is 0 Å². The van der Waals surface area contributed by atoms with Crippen LogP contribution in [0.5, 0.6) is 5.75 Å². The summed E-state index contributed by atoms with van der Waals surface area (Å²) in [5, 5.41) is 1.91. The van der Waals surface area contributed by atoms with Crippen LogP contribution in [0.1, 0.15) is 0 Å². The first kappa shape index (κ1) is 33.6. The second-order valence-corrected chi connectivity index (χ2v) is 13.7. The predicted molar refractivity (Wildman–Crippen MR) is 204 cm³/mol. The van der Waals surface area contributed by atoms with Crippen molar-refractivity contribution in [1.82, 2.24) is 0 Å². The average Bonchev–Trinajstić information content (AvgIpc) is 3.56. The number of hydrogen-bond donors (Lipinski definition) is 0. The van der Waals surface area contributed by atoms with Gasteiger partial charge in [0.1, 0.15) is 11.2 Å². The van der Waals surface area contributed by atoms with Crippen molar-refractivity contribution in [2.45, 2.75) is 5.51 Å².